The minimum Gasteiger partial charge on any atom is -0.314 e. The molecular formula is C42H40N2. The van der Waals surface area contributed by atoms with Crippen molar-refractivity contribution in [2.45, 2.75) is 76.5 Å². The standard InChI is InChI=1S/C42H40N2/c1-3-12-29(13-4-1)30-14-11-17-34(26-30)44-40-21-10-8-19-36(40)38-27-31(23-25-41(38)44)32-22-24-37-35-18-7-9-20-39(35)43(42(37)28-32)33-15-5-2-6-16-33/h1-3,5,7,9,12,15,17-18,20,22-26,28,31H,4,6,8,10-11,13-14,16,19,21,27H2. The number of rotatable bonds is 4. The molecule has 0 saturated carbocycles. The summed E-state index contributed by atoms with van der Waals surface area (Å²) in [4.78, 5) is 0. The number of aromatic nitrogens is 2. The molecule has 0 amide bonds. The van der Waals surface area contributed by atoms with Crippen molar-refractivity contribution < 1.29 is 0 Å². The Morgan fingerprint density at radius 1 is 0.682 bits per heavy atom. The number of hydrogen-bond acceptors (Lipinski definition) is 0. The predicted molar refractivity (Wildman–Crippen MR) is 187 cm³/mol. The highest BCUT2D eigenvalue weighted by Crippen LogP contribution is 2.43. The van der Waals surface area contributed by atoms with Crippen molar-refractivity contribution in [2.24, 2.45) is 0 Å². The molecule has 2 aromatic heterocycles. The first-order valence-electron chi connectivity index (χ1n) is 16.9. The highest BCUT2D eigenvalue weighted by atomic mass is 15.0. The average Bonchev–Trinajstić information content (AvgIpc) is 3.61. The van der Waals surface area contributed by atoms with E-state index >= 15 is 0 Å². The molecule has 0 bridgehead atoms. The van der Waals surface area contributed by atoms with E-state index in [0.717, 1.165) is 25.7 Å². The summed E-state index contributed by atoms with van der Waals surface area (Å²) in [5.41, 5.74) is 16.3. The van der Waals surface area contributed by atoms with Crippen molar-refractivity contribution in [3.8, 4) is 0 Å². The molecule has 0 radical (unpaired) electrons. The van der Waals surface area contributed by atoms with Crippen molar-refractivity contribution in [2.75, 3.05) is 0 Å². The summed E-state index contributed by atoms with van der Waals surface area (Å²) in [6.07, 6.45) is 36.7. The van der Waals surface area contributed by atoms with Crippen LogP contribution < -0.4 is 0 Å². The Morgan fingerprint density at radius 3 is 2.41 bits per heavy atom. The molecular weight excluding hydrogens is 532 g/mol. The number of para-hydroxylation sites is 1. The smallest absolute Gasteiger partial charge is 0.0540 e. The number of hydrogen-bond donors (Lipinski definition) is 0. The van der Waals surface area contributed by atoms with Crippen molar-refractivity contribution in [3.63, 3.8) is 0 Å². The molecule has 44 heavy (non-hydrogen) atoms. The third kappa shape index (κ3) is 4.22. The van der Waals surface area contributed by atoms with Gasteiger partial charge in [-0.05, 0) is 129 Å². The van der Waals surface area contributed by atoms with E-state index in [0.29, 0.717) is 5.92 Å². The van der Waals surface area contributed by atoms with Gasteiger partial charge in [-0.1, -0.05) is 72.9 Å². The van der Waals surface area contributed by atoms with Crippen LogP contribution in [0.2, 0.25) is 0 Å². The molecule has 0 aliphatic heterocycles. The van der Waals surface area contributed by atoms with E-state index in [-0.39, 0.29) is 0 Å². The fourth-order valence-electron chi connectivity index (χ4n) is 8.59. The lowest BCUT2D eigenvalue weighted by Gasteiger charge is -2.23. The monoisotopic (exact) mass is 572 g/mol. The lowest BCUT2D eigenvalue weighted by atomic mass is 9.83. The van der Waals surface area contributed by atoms with Gasteiger partial charge in [-0.3, -0.25) is 0 Å². The maximum absolute atomic E-state index is 2.67. The lowest BCUT2D eigenvalue weighted by Crippen LogP contribution is -2.10. The summed E-state index contributed by atoms with van der Waals surface area (Å²) in [5.74, 6) is 0.395. The Morgan fingerprint density at radius 2 is 1.52 bits per heavy atom. The van der Waals surface area contributed by atoms with Gasteiger partial charge in [0.15, 0.2) is 0 Å². The van der Waals surface area contributed by atoms with E-state index < -0.39 is 0 Å². The van der Waals surface area contributed by atoms with Gasteiger partial charge in [-0.2, -0.15) is 0 Å². The van der Waals surface area contributed by atoms with Crippen molar-refractivity contribution in [1.82, 2.24) is 9.13 Å². The van der Waals surface area contributed by atoms with Gasteiger partial charge in [0.25, 0.3) is 0 Å². The zero-order chi connectivity index (χ0) is 29.0. The third-order valence-corrected chi connectivity index (χ3v) is 10.7. The molecule has 2 heterocycles. The van der Waals surface area contributed by atoms with Crippen molar-refractivity contribution in [1.29, 1.82) is 0 Å². The first-order valence-corrected chi connectivity index (χ1v) is 16.9. The first kappa shape index (κ1) is 26.1. The van der Waals surface area contributed by atoms with E-state index in [1.54, 1.807) is 22.4 Å². The molecule has 0 saturated heterocycles. The minimum absolute atomic E-state index is 0.395. The van der Waals surface area contributed by atoms with E-state index in [9.17, 15) is 0 Å². The van der Waals surface area contributed by atoms with Crippen molar-refractivity contribution in [3.05, 3.63) is 136 Å². The molecule has 5 aliphatic rings. The van der Waals surface area contributed by atoms with Crippen molar-refractivity contribution >= 4 is 39.3 Å². The summed E-state index contributed by atoms with van der Waals surface area (Å²) in [5, 5.41) is 2.71. The molecule has 9 rings (SSSR count). The molecule has 2 aromatic carbocycles. The van der Waals surface area contributed by atoms with Crippen LogP contribution in [0.1, 0.15) is 85.4 Å². The van der Waals surface area contributed by atoms with Crippen LogP contribution in [0.5, 0.6) is 0 Å². The van der Waals surface area contributed by atoms with Crippen LogP contribution >= 0.6 is 0 Å². The van der Waals surface area contributed by atoms with Crippen LogP contribution in [0.4, 0.5) is 0 Å². The van der Waals surface area contributed by atoms with Crippen LogP contribution in [0, 0.1) is 0 Å². The van der Waals surface area contributed by atoms with Crippen LogP contribution in [-0.2, 0) is 19.3 Å². The van der Waals surface area contributed by atoms with Crippen LogP contribution in [-0.4, -0.2) is 9.13 Å². The van der Waals surface area contributed by atoms with Gasteiger partial charge in [0, 0.05) is 39.5 Å². The van der Waals surface area contributed by atoms with E-state index in [1.165, 1.54) is 95.0 Å². The topological polar surface area (TPSA) is 9.86 Å². The molecule has 0 spiro atoms. The van der Waals surface area contributed by atoms with Gasteiger partial charge in [0.1, 0.15) is 0 Å². The number of benzene rings is 2. The summed E-state index contributed by atoms with van der Waals surface area (Å²) >= 11 is 0. The largest absolute Gasteiger partial charge is 0.314 e. The second kappa shape index (κ2) is 10.7. The zero-order valence-electron chi connectivity index (χ0n) is 25.6. The lowest BCUT2D eigenvalue weighted by molar-refractivity contribution is 0.660. The summed E-state index contributed by atoms with van der Waals surface area (Å²) in [7, 11) is 0. The van der Waals surface area contributed by atoms with E-state index in [4.69, 9.17) is 0 Å². The van der Waals surface area contributed by atoms with E-state index in [2.05, 4.69) is 112 Å². The number of nitrogens with zero attached hydrogens (tertiary/aromatic N) is 2. The molecule has 0 N–H and O–H groups in total. The summed E-state index contributed by atoms with van der Waals surface area (Å²) in [6, 6.07) is 16.2. The predicted octanol–water partition coefficient (Wildman–Crippen LogP) is 10.9. The fourth-order valence-corrected chi connectivity index (χ4v) is 8.59. The average molecular weight is 573 g/mol. The van der Waals surface area contributed by atoms with E-state index in [1.807, 2.05) is 0 Å². The Hall–Kier alpha value is -4.30. The molecule has 5 aliphatic carbocycles. The maximum Gasteiger partial charge on any atom is 0.0540 e. The highest BCUT2D eigenvalue weighted by Gasteiger charge is 2.30. The van der Waals surface area contributed by atoms with Crippen LogP contribution in [0.25, 0.3) is 39.3 Å². The number of allylic oxidation sites excluding steroid dienone is 13. The SMILES string of the molecule is C1=CCCC(C2=CC(n3c4c(c5c3CCCC5)CC(c3ccc5c6ccccc6n(C6=CC=CCC6)c5c3)C=C4)=CCC2)=C1. The molecule has 218 valence electrons. The Balaban J connectivity index is 1.13. The zero-order valence-corrected chi connectivity index (χ0v) is 25.6. The van der Waals surface area contributed by atoms with Gasteiger partial charge in [0.2, 0.25) is 0 Å². The first-order chi connectivity index (χ1) is 21.8. The second-order valence-electron chi connectivity index (χ2n) is 13.3. The van der Waals surface area contributed by atoms with Gasteiger partial charge >= 0.3 is 0 Å². The minimum atomic E-state index is 0.395. The summed E-state index contributed by atoms with van der Waals surface area (Å²) < 4.78 is 5.20. The quantitative estimate of drug-likeness (QED) is 0.230. The van der Waals surface area contributed by atoms with Gasteiger partial charge in [0.05, 0.1) is 11.0 Å². The van der Waals surface area contributed by atoms with Gasteiger partial charge in [-0.15, -0.1) is 0 Å². The second-order valence-corrected chi connectivity index (χ2v) is 13.3. The van der Waals surface area contributed by atoms with Crippen LogP contribution in [0.3, 0.4) is 0 Å². The molecule has 2 nitrogen and oxygen atoms in total. The Bertz CT molecular complexity index is 2040. The summed E-state index contributed by atoms with van der Waals surface area (Å²) in [6.45, 7) is 0. The molecule has 1 unspecified atom stereocenters. The molecule has 4 aromatic rings. The Kier molecular flexibility index (Phi) is 6.35. The fraction of sp³-hybridized carbons (Fsp3) is 0.286. The highest BCUT2D eigenvalue weighted by molar-refractivity contribution is 6.10. The van der Waals surface area contributed by atoms with Gasteiger partial charge < -0.3 is 9.13 Å². The molecule has 0 fully saturated rings. The maximum atomic E-state index is 2.67. The molecule has 1 atom stereocenters. The molecule has 2 heteroatoms. The Labute approximate surface area is 260 Å². The third-order valence-electron chi connectivity index (χ3n) is 10.7. The van der Waals surface area contributed by atoms with Gasteiger partial charge in [-0.25, -0.2) is 0 Å². The van der Waals surface area contributed by atoms with Crippen LogP contribution in [0.15, 0.2) is 108 Å². The number of fused-ring (bicyclic) bond motifs is 6. The normalized spacial score (nSPS) is 21.1.